The highest BCUT2D eigenvalue weighted by Crippen LogP contribution is 2.65. The van der Waals surface area contributed by atoms with Crippen molar-refractivity contribution in [1.29, 1.82) is 0 Å². The lowest BCUT2D eigenvalue weighted by molar-refractivity contribution is -0.384. The van der Waals surface area contributed by atoms with Crippen LogP contribution in [0.2, 0.25) is 0 Å². The number of nitrogens with zero attached hydrogens (tertiary/aromatic N) is 3. The molecule has 0 aromatic heterocycles. The third-order valence-electron chi connectivity index (χ3n) is 9.48. The largest absolute Gasteiger partial charge is 0.508 e. The lowest BCUT2D eigenvalue weighted by Gasteiger charge is -2.51. The van der Waals surface area contributed by atoms with Gasteiger partial charge in [-0.15, -0.1) is 23.2 Å². The molecule has 44 heavy (non-hydrogen) atoms. The van der Waals surface area contributed by atoms with E-state index in [1.807, 2.05) is 6.08 Å². The van der Waals surface area contributed by atoms with Gasteiger partial charge in [0.05, 0.1) is 34.2 Å². The smallest absolute Gasteiger partial charge is 0.269 e. The third-order valence-corrected chi connectivity index (χ3v) is 11.4. The number of amides is 4. The Morgan fingerprint density at radius 1 is 1.05 bits per heavy atom. The molecule has 0 bridgehead atoms. The van der Waals surface area contributed by atoms with Gasteiger partial charge >= 0.3 is 0 Å². The van der Waals surface area contributed by atoms with Crippen molar-refractivity contribution in [2.75, 3.05) is 10.4 Å². The summed E-state index contributed by atoms with van der Waals surface area (Å²) < 4.78 is 5.89. The first-order valence-electron chi connectivity index (χ1n) is 13.7. The molecule has 2 aromatic carbocycles. The predicted molar refractivity (Wildman–Crippen MR) is 160 cm³/mol. The van der Waals surface area contributed by atoms with Gasteiger partial charge in [-0.1, -0.05) is 27.6 Å². The second kappa shape index (κ2) is 9.88. The lowest BCUT2D eigenvalue weighted by Crippen LogP contribution is -2.61. The van der Waals surface area contributed by atoms with Gasteiger partial charge in [0.1, 0.15) is 11.5 Å². The highest BCUT2D eigenvalue weighted by atomic mass is 79.9. The number of likely N-dealkylation sites (tertiary alicyclic amines) is 1. The first-order chi connectivity index (χ1) is 20.9. The van der Waals surface area contributed by atoms with Crippen LogP contribution >= 0.6 is 39.1 Å². The number of alkyl halides is 3. The zero-order chi connectivity index (χ0) is 31.3. The number of nitro benzene ring substituents is 1. The number of fused-ring (bicyclic) bond motifs is 5. The Hall–Kier alpha value is -3.74. The Labute approximate surface area is 268 Å². The average Bonchev–Trinajstić information content (AvgIpc) is 3.34. The normalized spacial score (nSPS) is 32.3. The zero-order valence-corrected chi connectivity index (χ0v) is 25.7. The number of allylic oxidation sites excluding steroid dienone is 3. The molecule has 3 aliphatic heterocycles. The average molecular weight is 703 g/mol. The molecule has 0 spiro atoms. The number of ether oxygens (including phenoxy) is 1. The Morgan fingerprint density at radius 2 is 1.77 bits per heavy atom. The van der Waals surface area contributed by atoms with Crippen LogP contribution in [0.25, 0.3) is 0 Å². The number of imide groups is 2. The first kappa shape index (κ1) is 29.0. The van der Waals surface area contributed by atoms with E-state index in [9.17, 15) is 34.4 Å². The molecule has 6 atom stereocenters. The molecule has 226 valence electrons. The van der Waals surface area contributed by atoms with E-state index in [0.717, 1.165) is 9.80 Å². The van der Waals surface area contributed by atoms with Crippen molar-refractivity contribution >= 4 is 74.1 Å². The van der Waals surface area contributed by atoms with Crippen LogP contribution in [0.5, 0.6) is 11.5 Å². The van der Waals surface area contributed by atoms with Gasteiger partial charge in [-0.2, -0.15) is 0 Å². The Kier molecular flexibility index (Phi) is 6.51. The van der Waals surface area contributed by atoms with E-state index < -0.39 is 62.0 Å². The first-order valence-corrected chi connectivity index (χ1v) is 15.6. The van der Waals surface area contributed by atoms with Gasteiger partial charge in [0.15, 0.2) is 9.75 Å². The number of anilines is 1. The van der Waals surface area contributed by atoms with Crippen molar-refractivity contribution in [1.82, 2.24) is 4.90 Å². The topological polar surface area (TPSA) is 147 Å². The number of carbonyl (C=O) groups is 4. The summed E-state index contributed by atoms with van der Waals surface area (Å²) in [5.74, 6) is -5.27. The van der Waals surface area contributed by atoms with Crippen LogP contribution in [-0.2, 0) is 25.6 Å². The molecule has 4 amide bonds. The number of aromatic hydroxyl groups is 1. The third kappa shape index (κ3) is 3.73. The number of carbonyl (C=O) groups excluding carboxylic acids is 4. The van der Waals surface area contributed by atoms with Crippen LogP contribution in [0.3, 0.4) is 0 Å². The Balaban J connectivity index is 1.34. The van der Waals surface area contributed by atoms with Crippen molar-refractivity contribution in [3.8, 4) is 11.5 Å². The number of hydrogen-bond acceptors (Lipinski definition) is 8. The van der Waals surface area contributed by atoms with E-state index in [1.165, 1.54) is 42.7 Å². The van der Waals surface area contributed by atoms with Crippen LogP contribution in [0.4, 0.5) is 11.4 Å². The molecular formula is C30H22BrCl2N3O8. The predicted octanol–water partition coefficient (Wildman–Crippen LogP) is 4.57. The summed E-state index contributed by atoms with van der Waals surface area (Å²) in [7, 11) is 0. The fraction of sp³-hybridized carbons (Fsp3) is 0.333. The number of phenols is 1. The molecule has 5 aliphatic rings. The fourth-order valence-corrected chi connectivity index (χ4v) is 8.98. The Bertz CT molecular complexity index is 1760. The SMILES string of the molecule is O=C1[C@H]2[C@H](CC=C3[C@H](C4=COc5ccc(O)cc5C4)[C@]4(Cl)C(=O)N(CBr)C(=O)[C@]4(Cl)C[C@H]32)C(=O)N1c1ccc([N+](=O)[O-])cc1. The molecule has 2 aliphatic carbocycles. The molecule has 14 heteroatoms. The van der Waals surface area contributed by atoms with Crippen molar-refractivity contribution in [3.05, 3.63) is 81.6 Å². The number of rotatable bonds is 4. The maximum atomic E-state index is 14.1. The van der Waals surface area contributed by atoms with Gasteiger partial charge in [0.25, 0.3) is 17.5 Å². The number of halogens is 3. The second-order valence-corrected chi connectivity index (χ2v) is 13.3. The molecule has 11 nitrogen and oxygen atoms in total. The van der Waals surface area contributed by atoms with Gasteiger partial charge in [0.2, 0.25) is 11.8 Å². The van der Waals surface area contributed by atoms with E-state index in [1.54, 1.807) is 6.07 Å². The molecule has 2 aromatic rings. The van der Waals surface area contributed by atoms with Crippen LogP contribution in [-0.4, -0.2) is 53.8 Å². The van der Waals surface area contributed by atoms with Gasteiger partial charge < -0.3 is 9.84 Å². The molecule has 0 radical (unpaired) electrons. The number of phenolic OH excluding ortho intramolecular Hbond substituents is 1. The van der Waals surface area contributed by atoms with Crippen molar-refractivity contribution in [3.63, 3.8) is 0 Å². The quantitative estimate of drug-likeness (QED) is 0.122. The van der Waals surface area contributed by atoms with Gasteiger partial charge in [0, 0.05) is 30.0 Å². The minimum atomic E-state index is -1.97. The number of benzene rings is 2. The summed E-state index contributed by atoms with van der Waals surface area (Å²) in [5, 5.41) is 21.3. The van der Waals surface area contributed by atoms with Crippen molar-refractivity contribution in [2.24, 2.45) is 23.7 Å². The van der Waals surface area contributed by atoms with Crippen LogP contribution in [0, 0.1) is 33.8 Å². The summed E-state index contributed by atoms with van der Waals surface area (Å²) in [6.45, 7) is 0. The van der Waals surface area contributed by atoms with Gasteiger partial charge in [-0.05, 0) is 54.7 Å². The summed E-state index contributed by atoms with van der Waals surface area (Å²) in [6, 6.07) is 9.77. The van der Waals surface area contributed by atoms with E-state index in [2.05, 4.69) is 15.9 Å². The molecular weight excluding hydrogens is 681 g/mol. The number of nitro groups is 1. The maximum absolute atomic E-state index is 14.1. The molecule has 3 heterocycles. The maximum Gasteiger partial charge on any atom is 0.269 e. The van der Waals surface area contributed by atoms with E-state index in [0.29, 0.717) is 22.5 Å². The van der Waals surface area contributed by atoms with Crippen molar-refractivity contribution < 1.29 is 33.9 Å². The second-order valence-electron chi connectivity index (χ2n) is 11.6. The summed E-state index contributed by atoms with van der Waals surface area (Å²) >= 11 is 17.7. The van der Waals surface area contributed by atoms with Gasteiger partial charge in [-0.3, -0.25) is 39.1 Å². The lowest BCUT2D eigenvalue weighted by atomic mass is 9.56. The standard InChI is InChI=1S/C30H22BrCl2N3O8/c31-13-34-27(40)29(32)11-21-19(24(30(29,33)28(34)41)15-9-14-10-18(37)5-8-22(14)44-12-15)6-7-20-23(21)26(39)35(25(20)38)16-1-3-17(4-2-16)36(42)43/h1-6,8,10,12,20-21,23-24,37H,7,9,11,13H2/t20-,21+,23-,24-,29+,30-/m0/s1. The van der Waals surface area contributed by atoms with Crippen LogP contribution in [0.15, 0.2) is 65.9 Å². The van der Waals surface area contributed by atoms with E-state index in [-0.39, 0.29) is 41.8 Å². The van der Waals surface area contributed by atoms with Crippen LogP contribution in [0.1, 0.15) is 18.4 Å². The molecule has 2 saturated heterocycles. The zero-order valence-electron chi connectivity index (χ0n) is 22.6. The molecule has 7 rings (SSSR count). The summed E-state index contributed by atoms with van der Waals surface area (Å²) in [4.78, 5) is 64.1. The van der Waals surface area contributed by atoms with E-state index in [4.69, 9.17) is 27.9 Å². The Morgan fingerprint density at radius 3 is 2.45 bits per heavy atom. The molecule has 1 N–H and O–H groups in total. The van der Waals surface area contributed by atoms with E-state index >= 15 is 0 Å². The van der Waals surface area contributed by atoms with Crippen molar-refractivity contribution in [2.45, 2.75) is 29.0 Å². The monoisotopic (exact) mass is 701 g/mol. The van der Waals surface area contributed by atoms with Crippen LogP contribution < -0.4 is 9.64 Å². The highest BCUT2D eigenvalue weighted by molar-refractivity contribution is 9.09. The minimum Gasteiger partial charge on any atom is -0.508 e. The summed E-state index contributed by atoms with van der Waals surface area (Å²) in [5.41, 5.74) is 1.63. The fourth-order valence-electron chi connectivity index (χ4n) is 7.54. The number of non-ortho nitro benzene ring substituents is 1. The molecule has 3 fully saturated rings. The molecule has 1 saturated carbocycles. The summed E-state index contributed by atoms with van der Waals surface area (Å²) in [6.07, 6.45) is 3.49. The number of hydrogen-bond donors (Lipinski definition) is 1. The molecule has 0 unspecified atom stereocenters. The highest BCUT2D eigenvalue weighted by Gasteiger charge is 2.76. The minimum absolute atomic E-state index is 0.0149. The van der Waals surface area contributed by atoms with Gasteiger partial charge in [-0.25, -0.2) is 0 Å².